The van der Waals surface area contributed by atoms with Crippen LogP contribution in [0.3, 0.4) is 0 Å². The molecule has 2 aromatic rings. The van der Waals surface area contributed by atoms with E-state index in [0.717, 1.165) is 17.7 Å². The summed E-state index contributed by atoms with van der Waals surface area (Å²) in [4.78, 5) is 15.0. The number of carbonyl (C=O) groups excluding carboxylic acids is 1. The number of carbonyl (C=O) groups is 1. The van der Waals surface area contributed by atoms with Crippen molar-refractivity contribution in [3.8, 4) is 0 Å². The molecule has 0 atom stereocenters. The summed E-state index contributed by atoms with van der Waals surface area (Å²) in [5, 5.41) is 2.90. The summed E-state index contributed by atoms with van der Waals surface area (Å²) in [7, 11) is -3.69. The van der Waals surface area contributed by atoms with Gasteiger partial charge >= 0.3 is 0 Å². The van der Waals surface area contributed by atoms with Gasteiger partial charge in [-0.15, -0.1) is 0 Å². The lowest BCUT2D eigenvalue weighted by Crippen LogP contribution is -2.40. The third kappa shape index (κ3) is 5.85. The van der Waals surface area contributed by atoms with E-state index in [0.29, 0.717) is 58.3 Å². The van der Waals surface area contributed by atoms with Gasteiger partial charge in [0.05, 0.1) is 42.7 Å². The molecule has 0 bridgehead atoms. The van der Waals surface area contributed by atoms with Gasteiger partial charge in [-0.2, -0.15) is 4.31 Å². The van der Waals surface area contributed by atoms with Crippen LogP contribution in [0.2, 0.25) is 0 Å². The number of benzene rings is 2. The van der Waals surface area contributed by atoms with E-state index in [2.05, 4.69) is 17.1 Å². The van der Waals surface area contributed by atoms with Crippen LogP contribution in [0.5, 0.6) is 0 Å². The number of aryl methyl sites for hydroxylation is 1. The van der Waals surface area contributed by atoms with Crippen molar-refractivity contribution in [3.05, 3.63) is 59.7 Å². The standard InChI is InChI=1S/C25H31N3O5S/c1-2-20-3-5-21(6-4-20)7-10-25(29)26-23-19-22(34(30,31)28-13-17-33-18-14-28)8-9-24(23)27-11-15-32-16-12-27/h3-10,19H,2,11-18H2,1H3,(H,26,29)/b10-7+. The highest BCUT2D eigenvalue weighted by Gasteiger charge is 2.28. The zero-order valence-electron chi connectivity index (χ0n) is 19.4. The summed E-state index contributed by atoms with van der Waals surface area (Å²) < 4.78 is 38.5. The van der Waals surface area contributed by atoms with Gasteiger partial charge in [0.25, 0.3) is 0 Å². The number of anilines is 2. The van der Waals surface area contributed by atoms with Gasteiger partial charge < -0.3 is 19.7 Å². The number of hydrogen-bond donors (Lipinski definition) is 1. The number of hydrogen-bond acceptors (Lipinski definition) is 6. The third-order valence-corrected chi connectivity index (χ3v) is 7.90. The Bertz CT molecular complexity index is 1120. The second-order valence-corrected chi connectivity index (χ2v) is 10.2. The molecule has 0 radical (unpaired) electrons. The van der Waals surface area contributed by atoms with Crippen molar-refractivity contribution in [1.29, 1.82) is 0 Å². The third-order valence-electron chi connectivity index (χ3n) is 6.00. The Kier molecular flexibility index (Phi) is 7.99. The monoisotopic (exact) mass is 485 g/mol. The first-order chi connectivity index (χ1) is 16.5. The van der Waals surface area contributed by atoms with Gasteiger partial charge in [-0.3, -0.25) is 4.79 Å². The summed E-state index contributed by atoms with van der Waals surface area (Å²) in [6.07, 6.45) is 4.17. The first-order valence-electron chi connectivity index (χ1n) is 11.6. The average Bonchev–Trinajstić information content (AvgIpc) is 2.89. The summed E-state index contributed by atoms with van der Waals surface area (Å²) in [6, 6.07) is 12.9. The molecular weight excluding hydrogens is 454 g/mol. The summed E-state index contributed by atoms with van der Waals surface area (Å²) >= 11 is 0. The zero-order valence-corrected chi connectivity index (χ0v) is 20.2. The normalized spacial score (nSPS) is 17.7. The van der Waals surface area contributed by atoms with E-state index in [-0.39, 0.29) is 10.8 Å². The molecule has 4 rings (SSSR count). The molecule has 0 aromatic heterocycles. The number of ether oxygens (including phenoxy) is 2. The molecular formula is C25H31N3O5S. The van der Waals surface area contributed by atoms with Crippen LogP contribution < -0.4 is 10.2 Å². The van der Waals surface area contributed by atoms with Gasteiger partial charge in [0.1, 0.15) is 0 Å². The van der Waals surface area contributed by atoms with Gasteiger partial charge in [-0.25, -0.2) is 8.42 Å². The molecule has 2 aliphatic rings. The highest BCUT2D eigenvalue weighted by molar-refractivity contribution is 7.89. The van der Waals surface area contributed by atoms with Gasteiger partial charge in [0.15, 0.2) is 0 Å². The first-order valence-corrected chi connectivity index (χ1v) is 13.0. The molecule has 1 N–H and O–H groups in total. The van der Waals surface area contributed by atoms with Crippen molar-refractivity contribution in [1.82, 2.24) is 4.31 Å². The van der Waals surface area contributed by atoms with E-state index in [1.807, 2.05) is 24.3 Å². The minimum absolute atomic E-state index is 0.154. The second-order valence-electron chi connectivity index (χ2n) is 8.21. The number of nitrogens with one attached hydrogen (secondary N) is 1. The van der Waals surface area contributed by atoms with Crippen molar-refractivity contribution < 1.29 is 22.7 Å². The lowest BCUT2D eigenvalue weighted by molar-refractivity contribution is -0.111. The van der Waals surface area contributed by atoms with Crippen molar-refractivity contribution in [2.45, 2.75) is 18.2 Å². The highest BCUT2D eigenvalue weighted by atomic mass is 32.2. The fourth-order valence-electron chi connectivity index (χ4n) is 4.00. The SMILES string of the molecule is CCc1ccc(/C=C/C(=O)Nc2cc(S(=O)(=O)N3CCOCC3)ccc2N2CCOCC2)cc1. The van der Waals surface area contributed by atoms with E-state index in [4.69, 9.17) is 9.47 Å². The number of nitrogens with zero attached hydrogens (tertiary/aromatic N) is 2. The molecule has 2 heterocycles. The molecule has 0 spiro atoms. The predicted molar refractivity (Wildman–Crippen MR) is 133 cm³/mol. The van der Waals surface area contributed by atoms with Crippen molar-refractivity contribution >= 4 is 33.4 Å². The molecule has 2 aromatic carbocycles. The number of amides is 1. The molecule has 9 heteroatoms. The molecule has 8 nitrogen and oxygen atoms in total. The van der Waals surface area contributed by atoms with Gasteiger partial charge in [-0.05, 0) is 41.8 Å². The molecule has 1 amide bonds. The lowest BCUT2D eigenvalue weighted by Gasteiger charge is -2.31. The number of morpholine rings is 2. The van der Waals surface area contributed by atoms with Crippen LogP contribution in [0.25, 0.3) is 6.08 Å². The van der Waals surface area contributed by atoms with E-state index < -0.39 is 10.0 Å². The van der Waals surface area contributed by atoms with Crippen LogP contribution in [0.4, 0.5) is 11.4 Å². The van der Waals surface area contributed by atoms with E-state index in [1.165, 1.54) is 15.9 Å². The van der Waals surface area contributed by atoms with Crippen molar-refractivity contribution in [2.75, 3.05) is 62.8 Å². The zero-order chi connectivity index (χ0) is 24.0. The van der Waals surface area contributed by atoms with Gasteiger partial charge in [-0.1, -0.05) is 31.2 Å². The molecule has 2 fully saturated rings. The molecule has 2 saturated heterocycles. The molecule has 182 valence electrons. The van der Waals surface area contributed by atoms with Gasteiger partial charge in [0.2, 0.25) is 15.9 Å². The Labute approximate surface area is 201 Å². The van der Waals surface area contributed by atoms with Gasteiger partial charge in [0, 0.05) is 32.3 Å². The molecule has 34 heavy (non-hydrogen) atoms. The van der Waals surface area contributed by atoms with Crippen LogP contribution in [0, 0.1) is 0 Å². The first kappa shape index (κ1) is 24.4. The van der Waals surface area contributed by atoms with E-state index in [1.54, 1.807) is 24.3 Å². The molecule has 0 unspecified atom stereocenters. The lowest BCUT2D eigenvalue weighted by atomic mass is 10.1. The van der Waals surface area contributed by atoms with Crippen LogP contribution in [-0.4, -0.2) is 71.2 Å². The van der Waals surface area contributed by atoms with Crippen LogP contribution in [-0.2, 0) is 30.7 Å². The summed E-state index contributed by atoms with van der Waals surface area (Å²) in [6.45, 7) is 5.96. The maximum atomic E-state index is 13.2. The van der Waals surface area contributed by atoms with Crippen LogP contribution in [0.1, 0.15) is 18.1 Å². The summed E-state index contributed by atoms with van der Waals surface area (Å²) in [5.74, 6) is -0.324. The minimum atomic E-state index is -3.69. The number of sulfonamides is 1. The minimum Gasteiger partial charge on any atom is -0.379 e. The average molecular weight is 486 g/mol. The van der Waals surface area contributed by atoms with E-state index >= 15 is 0 Å². The number of rotatable bonds is 7. The predicted octanol–water partition coefficient (Wildman–Crippen LogP) is 2.76. The van der Waals surface area contributed by atoms with Crippen LogP contribution in [0.15, 0.2) is 53.4 Å². The maximum Gasteiger partial charge on any atom is 0.248 e. The molecule has 2 aliphatic heterocycles. The quantitative estimate of drug-likeness (QED) is 0.607. The van der Waals surface area contributed by atoms with E-state index in [9.17, 15) is 13.2 Å². The molecule has 0 saturated carbocycles. The summed E-state index contributed by atoms with van der Waals surface area (Å²) in [5.41, 5.74) is 3.39. The fourth-order valence-corrected chi connectivity index (χ4v) is 5.44. The molecule has 0 aliphatic carbocycles. The van der Waals surface area contributed by atoms with Crippen molar-refractivity contribution in [2.24, 2.45) is 0 Å². The highest BCUT2D eigenvalue weighted by Crippen LogP contribution is 2.31. The van der Waals surface area contributed by atoms with Crippen LogP contribution >= 0.6 is 0 Å². The smallest absolute Gasteiger partial charge is 0.248 e. The Morgan fingerprint density at radius 3 is 2.26 bits per heavy atom. The largest absolute Gasteiger partial charge is 0.379 e. The Morgan fingerprint density at radius 1 is 0.971 bits per heavy atom. The fraction of sp³-hybridized carbons (Fsp3) is 0.400. The van der Waals surface area contributed by atoms with Crippen molar-refractivity contribution in [3.63, 3.8) is 0 Å². The Hall–Kier alpha value is -2.72. The topological polar surface area (TPSA) is 88.2 Å². The Balaban J connectivity index is 1.58. The Morgan fingerprint density at radius 2 is 1.62 bits per heavy atom. The maximum absolute atomic E-state index is 13.2. The second kappa shape index (κ2) is 11.1.